The predicted molar refractivity (Wildman–Crippen MR) is 133 cm³/mol. The first-order chi connectivity index (χ1) is 15.0. The molecule has 156 valence electrons. The highest BCUT2D eigenvalue weighted by molar-refractivity contribution is 7.98. The fourth-order valence-electron chi connectivity index (χ4n) is 3.35. The van der Waals surface area contributed by atoms with Gasteiger partial charge in [-0.1, -0.05) is 54.1 Å². The summed E-state index contributed by atoms with van der Waals surface area (Å²) in [6.45, 7) is 2.59. The summed E-state index contributed by atoms with van der Waals surface area (Å²) >= 11 is 6.99. The van der Waals surface area contributed by atoms with Crippen LogP contribution in [0.15, 0.2) is 87.9 Å². The summed E-state index contributed by atoms with van der Waals surface area (Å²) in [6, 6.07) is 23.9. The Morgan fingerprint density at radius 3 is 2.61 bits per heavy atom. The predicted octanol–water partition coefficient (Wildman–Crippen LogP) is 6.91. The Morgan fingerprint density at radius 2 is 1.84 bits per heavy atom. The molecule has 0 aliphatic carbocycles. The number of rotatable bonds is 5. The maximum atomic E-state index is 10.9. The van der Waals surface area contributed by atoms with Gasteiger partial charge in [0.2, 0.25) is 11.0 Å². The first-order valence-corrected chi connectivity index (χ1v) is 11.4. The minimum Gasteiger partial charge on any atom is -0.493 e. The second-order valence-corrected chi connectivity index (χ2v) is 8.39. The fourth-order valence-corrected chi connectivity index (χ4v) is 3.97. The van der Waals surface area contributed by atoms with Crippen LogP contribution in [0.4, 0.5) is 11.4 Å². The third-order valence-corrected chi connectivity index (χ3v) is 5.85. The summed E-state index contributed by atoms with van der Waals surface area (Å²) < 4.78 is 1.84. The fraction of sp³-hybridized carbons (Fsp3) is 0.125. The molecule has 0 aliphatic heterocycles. The summed E-state index contributed by atoms with van der Waals surface area (Å²) in [6.07, 6.45) is 2.02. The molecule has 3 aromatic carbocycles. The van der Waals surface area contributed by atoms with E-state index in [1.54, 1.807) is 11.8 Å². The van der Waals surface area contributed by atoms with E-state index in [0.29, 0.717) is 12.2 Å². The molecule has 0 unspecified atom stereocenters. The largest absolute Gasteiger partial charge is 0.493 e. The Kier molecular flexibility index (Phi) is 6.34. The molecular formula is C24H22N4OS2. The Balaban J connectivity index is 1.62. The zero-order valence-electron chi connectivity index (χ0n) is 17.2. The highest BCUT2D eigenvalue weighted by Gasteiger charge is 2.16. The van der Waals surface area contributed by atoms with Crippen molar-refractivity contribution in [1.29, 1.82) is 0 Å². The number of anilines is 1. The molecule has 0 saturated carbocycles. The van der Waals surface area contributed by atoms with E-state index in [-0.39, 0.29) is 11.0 Å². The van der Waals surface area contributed by atoms with E-state index in [0.717, 1.165) is 27.0 Å². The smallest absolute Gasteiger partial charge is 0.221 e. The van der Waals surface area contributed by atoms with Crippen LogP contribution in [0.5, 0.6) is 5.88 Å². The van der Waals surface area contributed by atoms with E-state index in [4.69, 9.17) is 12.2 Å². The molecule has 1 aromatic heterocycles. The number of hydrogen-bond donors (Lipinski definition) is 2. The molecule has 5 nitrogen and oxygen atoms in total. The van der Waals surface area contributed by atoms with Crippen LogP contribution in [0.3, 0.4) is 0 Å². The van der Waals surface area contributed by atoms with Gasteiger partial charge in [-0.3, -0.25) is 0 Å². The van der Waals surface area contributed by atoms with Gasteiger partial charge in [-0.15, -0.1) is 22.0 Å². The molecule has 4 aromatic rings. The van der Waals surface area contributed by atoms with Crippen molar-refractivity contribution in [3.05, 3.63) is 83.9 Å². The zero-order valence-corrected chi connectivity index (χ0v) is 18.9. The molecule has 0 bridgehead atoms. The summed E-state index contributed by atoms with van der Waals surface area (Å²) in [5.74, 6) is 0.0673. The number of nitrogens with zero attached hydrogens (tertiary/aromatic N) is 3. The lowest BCUT2D eigenvalue weighted by molar-refractivity contribution is 0.429. The Bertz CT molecular complexity index is 1260. The van der Waals surface area contributed by atoms with E-state index in [9.17, 15) is 5.11 Å². The number of azo groups is 1. The van der Waals surface area contributed by atoms with Crippen molar-refractivity contribution in [2.45, 2.75) is 18.4 Å². The van der Waals surface area contributed by atoms with Crippen molar-refractivity contribution in [3.8, 4) is 5.88 Å². The zero-order chi connectivity index (χ0) is 21.8. The average Bonchev–Trinajstić information content (AvgIpc) is 3.05. The number of aromatic nitrogens is 1. The summed E-state index contributed by atoms with van der Waals surface area (Å²) in [5.41, 5.74) is 4.44. The first kappa shape index (κ1) is 21.1. The van der Waals surface area contributed by atoms with Gasteiger partial charge in [-0.2, -0.15) is 0 Å². The lowest BCUT2D eigenvalue weighted by atomic mass is 10.1. The molecule has 1 heterocycles. The van der Waals surface area contributed by atoms with Crippen LogP contribution in [-0.2, 0) is 6.54 Å². The van der Waals surface area contributed by atoms with E-state index in [2.05, 4.69) is 46.7 Å². The van der Waals surface area contributed by atoms with Crippen LogP contribution in [0.1, 0.15) is 11.1 Å². The number of hydrogen-bond acceptors (Lipinski definition) is 4. The minimum atomic E-state index is 0.0673. The molecule has 2 N–H and O–H groups in total. The molecule has 0 saturated heterocycles. The maximum Gasteiger partial charge on any atom is 0.221 e. The van der Waals surface area contributed by atoms with Crippen molar-refractivity contribution < 1.29 is 5.11 Å². The van der Waals surface area contributed by atoms with Crippen molar-refractivity contribution in [2.75, 3.05) is 11.6 Å². The normalized spacial score (nSPS) is 11.3. The van der Waals surface area contributed by atoms with Gasteiger partial charge in [-0.05, 0) is 55.2 Å². The molecule has 0 aliphatic rings. The number of para-hydroxylation sites is 1. The van der Waals surface area contributed by atoms with Gasteiger partial charge >= 0.3 is 0 Å². The number of thiocarbonyl (C=S) groups is 1. The summed E-state index contributed by atoms with van der Waals surface area (Å²) in [7, 11) is 0. The van der Waals surface area contributed by atoms with Gasteiger partial charge in [0.05, 0.1) is 12.1 Å². The molecule has 0 radical (unpaired) electrons. The standard InChI is InChI=1S/C24H22N4OS2/c1-16-10-12-17(13-11-16)15-28-21-9-4-3-8-20(21)22(23(28)29)26-27-24(30)25-18-6-5-7-19(14-18)31-2/h3-14,29H,15H2,1-2H3,(H,25,30). The van der Waals surface area contributed by atoms with Crippen molar-refractivity contribution in [3.63, 3.8) is 0 Å². The maximum absolute atomic E-state index is 10.9. The molecule has 0 atom stereocenters. The highest BCUT2D eigenvalue weighted by Crippen LogP contribution is 2.39. The number of fused-ring (bicyclic) bond motifs is 1. The van der Waals surface area contributed by atoms with E-state index >= 15 is 0 Å². The van der Waals surface area contributed by atoms with Crippen LogP contribution < -0.4 is 5.32 Å². The lowest BCUT2D eigenvalue weighted by Gasteiger charge is -2.07. The van der Waals surface area contributed by atoms with E-state index in [1.165, 1.54) is 5.56 Å². The van der Waals surface area contributed by atoms with Crippen molar-refractivity contribution in [1.82, 2.24) is 4.57 Å². The minimum absolute atomic E-state index is 0.0673. The number of aromatic hydroxyl groups is 1. The van der Waals surface area contributed by atoms with Crippen LogP contribution in [0.25, 0.3) is 10.9 Å². The van der Waals surface area contributed by atoms with Crippen LogP contribution in [0.2, 0.25) is 0 Å². The topological polar surface area (TPSA) is 61.9 Å². The van der Waals surface area contributed by atoms with E-state index < -0.39 is 0 Å². The molecule has 4 rings (SSSR count). The third-order valence-electron chi connectivity index (χ3n) is 4.94. The van der Waals surface area contributed by atoms with Gasteiger partial charge in [0.15, 0.2) is 5.69 Å². The van der Waals surface area contributed by atoms with Gasteiger partial charge in [0.25, 0.3) is 0 Å². The average molecular weight is 447 g/mol. The van der Waals surface area contributed by atoms with Crippen molar-refractivity contribution >= 4 is 51.4 Å². The van der Waals surface area contributed by atoms with Crippen LogP contribution >= 0.6 is 24.0 Å². The van der Waals surface area contributed by atoms with Gasteiger partial charge < -0.3 is 15.0 Å². The SMILES string of the molecule is CSc1cccc(NC(=S)N=Nc2c(O)n(Cc3ccc(C)cc3)c3ccccc23)c1. The number of nitrogens with one attached hydrogen (secondary N) is 1. The molecule has 0 spiro atoms. The van der Waals surface area contributed by atoms with Gasteiger partial charge in [-0.25, -0.2) is 0 Å². The summed E-state index contributed by atoms with van der Waals surface area (Å²) in [5, 5.41) is 23.5. The second kappa shape index (κ2) is 9.32. The van der Waals surface area contributed by atoms with E-state index in [1.807, 2.05) is 59.4 Å². The second-order valence-electron chi connectivity index (χ2n) is 7.12. The Hall–Kier alpha value is -3.16. The molecule has 31 heavy (non-hydrogen) atoms. The highest BCUT2D eigenvalue weighted by atomic mass is 32.2. The molecule has 7 heteroatoms. The number of thioether (sulfide) groups is 1. The number of benzene rings is 3. The van der Waals surface area contributed by atoms with Crippen molar-refractivity contribution in [2.24, 2.45) is 10.2 Å². The molecule has 0 fully saturated rings. The third kappa shape index (κ3) is 4.78. The van der Waals surface area contributed by atoms with Crippen LogP contribution in [-0.4, -0.2) is 21.0 Å². The van der Waals surface area contributed by atoms with Gasteiger partial charge in [0.1, 0.15) is 0 Å². The van der Waals surface area contributed by atoms with Gasteiger partial charge in [0, 0.05) is 16.0 Å². The quantitative estimate of drug-likeness (QED) is 0.199. The monoisotopic (exact) mass is 446 g/mol. The summed E-state index contributed by atoms with van der Waals surface area (Å²) in [4.78, 5) is 1.13. The first-order valence-electron chi connectivity index (χ1n) is 9.77. The Morgan fingerprint density at radius 1 is 1.06 bits per heavy atom. The Labute approximate surface area is 190 Å². The number of aryl methyl sites for hydroxylation is 1. The lowest BCUT2D eigenvalue weighted by Crippen LogP contribution is -2.04. The molecule has 0 amide bonds. The molecular weight excluding hydrogens is 424 g/mol. The van der Waals surface area contributed by atoms with Crippen LogP contribution in [0, 0.1) is 6.92 Å².